The molecule has 0 fully saturated rings. The number of fused-ring (bicyclic) bond motifs is 1. The van der Waals surface area contributed by atoms with Crippen LogP contribution < -0.4 is 4.90 Å². The van der Waals surface area contributed by atoms with E-state index < -0.39 is 12.5 Å². The Hall–Kier alpha value is -2.48. The van der Waals surface area contributed by atoms with Crippen molar-refractivity contribution in [2.45, 2.75) is 19.7 Å². The Morgan fingerprint density at radius 2 is 1.77 bits per heavy atom. The number of aryl methyl sites for hydroxylation is 1. The van der Waals surface area contributed by atoms with Crippen LogP contribution in [0.3, 0.4) is 0 Å². The van der Waals surface area contributed by atoms with Gasteiger partial charge in [-0.3, -0.25) is 0 Å². The molecule has 0 aromatic heterocycles. The highest BCUT2D eigenvalue weighted by molar-refractivity contribution is 5.61. The van der Waals surface area contributed by atoms with E-state index in [0.29, 0.717) is 0 Å². The van der Waals surface area contributed by atoms with Crippen LogP contribution >= 0.6 is 0 Å². The number of para-hydroxylation sites is 1. The van der Waals surface area contributed by atoms with Crippen molar-refractivity contribution < 1.29 is 2.74 Å². The third-order valence-electron chi connectivity index (χ3n) is 4.32. The molecule has 110 valence electrons. The van der Waals surface area contributed by atoms with Gasteiger partial charge in [-0.05, 0) is 31.0 Å². The fourth-order valence-corrected chi connectivity index (χ4v) is 3.18. The van der Waals surface area contributed by atoms with Crippen LogP contribution in [0.1, 0.15) is 26.7 Å². The van der Waals surface area contributed by atoms with Crippen LogP contribution in [0.25, 0.3) is 0 Å². The number of benzene rings is 2. The third-order valence-corrected chi connectivity index (χ3v) is 4.32. The Morgan fingerprint density at radius 3 is 2.55 bits per heavy atom. The van der Waals surface area contributed by atoms with Crippen molar-refractivity contribution in [2.75, 3.05) is 11.5 Å². The van der Waals surface area contributed by atoms with Gasteiger partial charge in [0.15, 0.2) is 0 Å². The van der Waals surface area contributed by atoms with Gasteiger partial charge in [0.25, 0.3) is 0 Å². The van der Waals surface area contributed by atoms with Crippen LogP contribution in [-0.4, -0.2) is 11.5 Å². The highest BCUT2D eigenvalue weighted by Crippen LogP contribution is 2.42. The molecule has 0 saturated heterocycles. The molecule has 0 bridgehead atoms. The molecule has 2 nitrogen and oxygen atoms in total. The van der Waals surface area contributed by atoms with E-state index in [2.05, 4.69) is 13.0 Å². The molecule has 0 aliphatic carbocycles. The van der Waals surface area contributed by atoms with Crippen LogP contribution in [0.5, 0.6) is 0 Å². The van der Waals surface area contributed by atoms with Crippen molar-refractivity contribution >= 4 is 5.69 Å². The molecule has 2 aromatic carbocycles. The van der Waals surface area contributed by atoms with Crippen LogP contribution in [0, 0.1) is 6.92 Å². The number of nitrogens with zero attached hydrogens (tertiary/aromatic N) is 2. The van der Waals surface area contributed by atoms with Crippen LogP contribution in [0.4, 0.5) is 5.69 Å². The minimum atomic E-state index is -0.942. The van der Waals surface area contributed by atoms with Crippen LogP contribution in [0.15, 0.2) is 78.3 Å². The Bertz CT molecular complexity index is 844. The lowest BCUT2D eigenvalue weighted by Gasteiger charge is -2.22. The maximum atomic E-state index is 9.08. The molecule has 2 unspecified atom stereocenters. The average Bonchev–Trinajstić information content (AvgIpc) is 3.07. The van der Waals surface area contributed by atoms with E-state index in [4.69, 9.17) is 2.74 Å². The normalized spacial score (nSPS) is 28.0. The molecule has 2 aliphatic heterocycles. The van der Waals surface area contributed by atoms with E-state index in [1.54, 1.807) is 0 Å². The molecule has 0 N–H and O–H groups in total. The van der Waals surface area contributed by atoms with Gasteiger partial charge >= 0.3 is 0 Å². The summed E-state index contributed by atoms with van der Waals surface area (Å²) < 4.78 is 17.8. The van der Waals surface area contributed by atoms with Gasteiger partial charge in [0.1, 0.15) is 0 Å². The Balaban J connectivity index is 1.85. The van der Waals surface area contributed by atoms with Crippen molar-refractivity contribution in [3.63, 3.8) is 0 Å². The molecular weight excluding hydrogens is 268 g/mol. The van der Waals surface area contributed by atoms with E-state index in [9.17, 15) is 0 Å². The second-order valence-corrected chi connectivity index (χ2v) is 5.71. The van der Waals surface area contributed by atoms with Crippen molar-refractivity contribution in [3.05, 3.63) is 89.4 Å². The van der Waals surface area contributed by atoms with Crippen LogP contribution in [0.2, 0.25) is 0 Å². The fourth-order valence-electron chi connectivity index (χ4n) is 3.18. The Kier molecular flexibility index (Phi) is 2.56. The first-order valence-corrected chi connectivity index (χ1v) is 7.56. The van der Waals surface area contributed by atoms with Gasteiger partial charge in [0, 0.05) is 30.5 Å². The lowest BCUT2D eigenvalue weighted by atomic mass is 9.96. The van der Waals surface area contributed by atoms with Crippen molar-refractivity contribution in [1.29, 1.82) is 0 Å². The Labute approximate surface area is 134 Å². The highest BCUT2D eigenvalue weighted by Gasteiger charge is 2.34. The molecule has 0 radical (unpaired) electrons. The summed E-state index contributed by atoms with van der Waals surface area (Å²) in [6.07, 6.45) is 3.77. The minimum Gasteiger partial charge on any atom is -0.331 e. The number of hydrogen-bond donors (Lipinski definition) is 0. The molecular formula is C20H20N2. The van der Waals surface area contributed by atoms with Gasteiger partial charge in [-0.2, -0.15) is 0 Å². The summed E-state index contributed by atoms with van der Waals surface area (Å²) >= 11 is 0. The van der Waals surface area contributed by atoms with Crippen molar-refractivity contribution in [1.82, 2.24) is 4.90 Å². The summed E-state index contributed by atoms with van der Waals surface area (Å²) in [4.78, 5) is 3.92. The molecule has 2 aromatic rings. The van der Waals surface area contributed by atoms with Gasteiger partial charge in [0.2, 0.25) is 0 Å². The largest absolute Gasteiger partial charge is 0.331 e. The predicted molar refractivity (Wildman–Crippen MR) is 91.4 cm³/mol. The summed E-state index contributed by atoms with van der Waals surface area (Å²) in [5, 5.41) is 0. The first kappa shape index (κ1) is 11.1. The predicted octanol–water partition coefficient (Wildman–Crippen LogP) is 4.62. The number of anilines is 1. The number of allylic oxidation sites excluding steroid dienone is 2. The fraction of sp³-hybridized carbons (Fsp3) is 0.200. The molecule has 0 spiro atoms. The van der Waals surface area contributed by atoms with Gasteiger partial charge in [-0.25, -0.2) is 0 Å². The second-order valence-electron chi connectivity index (χ2n) is 5.71. The third kappa shape index (κ3) is 1.95. The highest BCUT2D eigenvalue weighted by atomic mass is 15.4. The van der Waals surface area contributed by atoms with E-state index in [1.807, 2.05) is 77.5 Å². The van der Waals surface area contributed by atoms with E-state index in [1.165, 1.54) is 0 Å². The zero-order valence-electron chi connectivity index (χ0n) is 14.8. The maximum absolute atomic E-state index is 9.08. The molecule has 0 saturated carbocycles. The summed E-state index contributed by atoms with van der Waals surface area (Å²) in [5.74, 6) is -0.942. The van der Waals surface area contributed by atoms with E-state index in [-0.39, 0.29) is 0 Å². The first-order chi connectivity index (χ1) is 11.5. The standard InChI is InChI=1S/C20H20N2/c1-15-8-6-7-11-19(15)22-14-21-13-12-18(20(21)16(22)2)17-9-4-3-5-10-17/h3-13,18H,14H2,1-2H3/i14D,18D. The summed E-state index contributed by atoms with van der Waals surface area (Å²) in [7, 11) is 0. The molecule has 2 aliphatic rings. The Morgan fingerprint density at radius 1 is 1.05 bits per heavy atom. The van der Waals surface area contributed by atoms with Gasteiger partial charge in [-0.1, -0.05) is 54.6 Å². The quantitative estimate of drug-likeness (QED) is 0.796. The van der Waals surface area contributed by atoms with Gasteiger partial charge in [-0.15, -0.1) is 0 Å². The van der Waals surface area contributed by atoms with E-state index >= 15 is 0 Å². The lowest BCUT2D eigenvalue weighted by molar-refractivity contribution is 0.513. The molecule has 2 heterocycles. The van der Waals surface area contributed by atoms with Crippen molar-refractivity contribution in [2.24, 2.45) is 0 Å². The van der Waals surface area contributed by atoms with Gasteiger partial charge < -0.3 is 9.80 Å². The molecule has 2 atom stereocenters. The molecule has 4 rings (SSSR count). The smallest absolute Gasteiger partial charge is 0.0989 e. The first-order valence-electron chi connectivity index (χ1n) is 8.63. The molecule has 22 heavy (non-hydrogen) atoms. The maximum Gasteiger partial charge on any atom is 0.0989 e. The molecule has 2 heteroatoms. The second kappa shape index (κ2) is 5.06. The van der Waals surface area contributed by atoms with E-state index in [0.717, 1.165) is 28.2 Å². The monoisotopic (exact) mass is 290 g/mol. The minimum absolute atomic E-state index is 0.576. The van der Waals surface area contributed by atoms with Gasteiger partial charge in [0.05, 0.1) is 8.02 Å². The number of rotatable bonds is 2. The topological polar surface area (TPSA) is 6.48 Å². The average molecular weight is 290 g/mol. The van der Waals surface area contributed by atoms with Crippen LogP contribution in [-0.2, 0) is 0 Å². The number of hydrogen-bond acceptors (Lipinski definition) is 2. The summed E-state index contributed by atoms with van der Waals surface area (Å²) in [6.45, 7) is 3.50. The lowest BCUT2D eigenvalue weighted by Crippen LogP contribution is -2.23. The molecule has 0 amide bonds. The zero-order chi connectivity index (χ0) is 16.9. The van der Waals surface area contributed by atoms with Crippen molar-refractivity contribution in [3.8, 4) is 0 Å². The summed E-state index contributed by atoms with van der Waals surface area (Å²) in [5.41, 5.74) is 4.93. The summed E-state index contributed by atoms with van der Waals surface area (Å²) in [6, 6.07) is 18.0. The SMILES string of the molecule is [2H]C1N2C=CC([2H])(c3ccccc3)C2=C(C)N1c1ccccc1C. The zero-order valence-corrected chi connectivity index (χ0v) is 12.8.